The number of aliphatic hydroxyl groups is 1. The average Bonchev–Trinajstić information content (AvgIpc) is 2.66. The molecule has 2 aromatic rings. The van der Waals surface area contributed by atoms with Crippen molar-refractivity contribution < 1.29 is 9.50 Å². The molecule has 4 nitrogen and oxygen atoms in total. The Bertz CT molecular complexity index is 614. The molecule has 0 bridgehead atoms. The summed E-state index contributed by atoms with van der Waals surface area (Å²) in [5, 5.41) is 12.2. The van der Waals surface area contributed by atoms with Crippen molar-refractivity contribution in [2.45, 2.75) is 26.4 Å². The molecular formula is C13H15FN2O2. The van der Waals surface area contributed by atoms with E-state index in [2.05, 4.69) is 5.10 Å². The maximum absolute atomic E-state index is 13.2. The van der Waals surface area contributed by atoms with E-state index in [-0.39, 0.29) is 18.1 Å². The molecule has 1 heterocycles. The van der Waals surface area contributed by atoms with Crippen molar-refractivity contribution in [3.8, 4) is 5.69 Å². The van der Waals surface area contributed by atoms with Gasteiger partial charge in [0.05, 0.1) is 17.9 Å². The second-order valence-corrected chi connectivity index (χ2v) is 4.44. The molecule has 0 spiro atoms. The summed E-state index contributed by atoms with van der Waals surface area (Å²) in [5.41, 5.74) is 1.08. The zero-order chi connectivity index (χ0) is 13.3. The fraction of sp³-hybridized carbons (Fsp3) is 0.308. The van der Waals surface area contributed by atoms with Gasteiger partial charge in [0.2, 0.25) is 0 Å². The number of halogens is 1. The van der Waals surface area contributed by atoms with Crippen molar-refractivity contribution in [1.82, 2.24) is 9.78 Å². The topological polar surface area (TPSA) is 58.0 Å². The van der Waals surface area contributed by atoms with Crippen molar-refractivity contribution in [1.29, 1.82) is 0 Å². The van der Waals surface area contributed by atoms with Crippen LogP contribution in [-0.4, -0.2) is 14.9 Å². The van der Waals surface area contributed by atoms with Crippen LogP contribution in [0.2, 0.25) is 0 Å². The molecule has 0 amide bonds. The minimum atomic E-state index is -0.411. The second-order valence-electron chi connectivity index (χ2n) is 4.44. The van der Waals surface area contributed by atoms with Crippen LogP contribution in [-0.2, 0) is 6.61 Å². The van der Waals surface area contributed by atoms with E-state index in [0.717, 1.165) is 0 Å². The fourth-order valence-corrected chi connectivity index (χ4v) is 1.92. The predicted molar refractivity (Wildman–Crippen MR) is 66.4 cm³/mol. The van der Waals surface area contributed by atoms with E-state index in [1.165, 1.54) is 22.9 Å². The van der Waals surface area contributed by atoms with Crippen LogP contribution in [0.5, 0.6) is 0 Å². The van der Waals surface area contributed by atoms with E-state index in [4.69, 9.17) is 0 Å². The van der Waals surface area contributed by atoms with E-state index in [0.29, 0.717) is 16.9 Å². The first-order valence-corrected chi connectivity index (χ1v) is 5.75. The van der Waals surface area contributed by atoms with Crippen LogP contribution >= 0.6 is 0 Å². The van der Waals surface area contributed by atoms with Gasteiger partial charge in [-0.25, -0.2) is 9.07 Å². The van der Waals surface area contributed by atoms with Crippen molar-refractivity contribution in [3.05, 3.63) is 51.7 Å². The summed E-state index contributed by atoms with van der Waals surface area (Å²) in [6, 6.07) is 5.74. The lowest BCUT2D eigenvalue weighted by atomic mass is 10.1. The van der Waals surface area contributed by atoms with Crippen LogP contribution in [0.3, 0.4) is 0 Å². The van der Waals surface area contributed by atoms with Crippen LogP contribution in [0.1, 0.15) is 31.0 Å². The largest absolute Gasteiger partial charge is 0.391 e. The summed E-state index contributed by atoms with van der Waals surface area (Å²) in [6.45, 7) is 3.51. The third-order valence-electron chi connectivity index (χ3n) is 2.82. The minimum Gasteiger partial charge on any atom is -0.391 e. The number of H-pyrrole nitrogens is 1. The molecule has 1 aromatic carbocycles. The molecule has 0 saturated carbocycles. The number of nitrogens with zero attached hydrogens (tertiary/aromatic N) is 1. The highest BCUT2D eigenvalue weighted by atomic mass is 19.1. The van der Waals surface area contributed by atoms with Crippen molar-refractivity contribution in [2.75, 3.05) is 0 Å². The highest BCUT2D eigenvalue weighted by molar-refractivity contribution is 5.34. The minimum absolute atomic E-state index is 0.0784. The van der Waals surface area contributed by atoms with Crippen LogP contribution in [0.25, 0.3) is 5.69 Å². The lowest BCUT2D eigenvalue weighted by Crippen LogP contribution is -2.17. The molecule has 0 radical (unpaired) electrons. The molecule has 0 fully saturated rings. The van der Waals surface area contributed by atoms with Crippen molar-refractivity contribution in [3.63, 3.8) is 0 Å². The van der Waals surface area contributed by atoms with E-state index < -0.39 is 5.82 Å². The Kier molecular flexibility index (Phi) is 3.34. The molecule has 0 aliphatic carbocycles. The van der Waals surface area contributed by atoms with Gasteiger partial charge in [0, 0.05) is 5.69 Å². The number of aliphatic hydroxyl groups excluding tert-OH is 1. The summed E-state index contributed by atoms with van der Waals surface area (Å²) in [6.07, 6.45) is 0. The Labute approximate surface area is 104 Å². The summed E-state index contributed by atoms with van der Waals surface area (Å²) in [4.78, 5) is 12.1. The number of nitrogens with one attached hydrogen (secondary N) is 1. The lowest BCUT2D eigenvalue weighted by molar-refractivity contribution is 0.279. The van der Waals surface area contributed by atoms with E-state index >= 15 is 0 Å². The third kappa shape index (κ3) is 2.09. The molecule has 18 heavy (non-hydrogen) atoms. The number of aromatic amines is 1. The van der Waals surface area contributed by atoms with Crippen LogP contribution in [0, 0.1) is 5.82 Å². The summed E-state index contributed by atoms with van der Waals surface area (Å²) in [7, 11) is 0. The zero-order valence-corrected chi connectivity index (χ0v) is 10.3. The number of hydrogen-bond acceptors (Lipinski definition) is 2. The first-order chi connectivity index (χ1) is 8.54. The number of aromatic nitrogens is 2. The molecule has 2 rings (SSSR count). The van der Waals surface area contributed by atoms with Gasteiger partial charge in [0.15, 0.2) is 0 Å². The van der Waals surface area contributed by atoms with E-state index in [9.17, 15) is 14.3 Å². The molecular weight excluding hydrogens is 235 g/mol. The van der Waals surface area contributed by atoms with Gasteiger partial charge in [-0.2, -0.15) is 0 Å². The fourth-order valence-electron chi connectivity index (χ4n) is 1.92. The maximum Gasteiger partial charge on any atom is 0.277 e. The summed E-state index contributed by atoms with van der Waals surface area (Å²) in [5.74, 6) is -0.333. The molecule has 5 heteroatoms. The number of rotatable bonds is 3. The Balaban J connectivity index is 2.63. The predicted octanol–water partition coefficient (Wildman–Crippen LogP) is 1.92. The molecule has 0 unspecified atom stereocenters. The average molecular weight is 250 g/mol. The van der Waals surface area contributed by atoms with Gasteiger partial charge in [-0.15, -0.1) is 0 Å². The first kappa shape index (κ1) is 12.6. The standard InChI is InChI=1S/C13H15FN2O2/c1-8(2)12-11(7-17)13(18)16(15-12)10-5-3-4-9(14)6-10/h3-6,8,15,17H,7H2,1-2H3. The van der Waals surface area contributed by atoms with Gasteiger partial charge < -0.3 is 5.11 Å². The lowest BCUT2D eigenvalue weighted by Gasteiger charge is -2.04. The van der Waals surface area contributed by atoms with Crippen molar-refractivity contribution in [2.24, 2.45) is 0 Å². The molecule has 0 saturated heterocycles. The van der Waals surface area contributed by atoms with E-state index in [1.54, 1.807) is 6.07 Å². The van der Waals surface area contributed by atoms with Crippen LogP contribution < -0.4 is 5.56 Å². The molecule has 2 N–H and O–H groups in total. The van der Waals surface area contributed by atoms with Gasteiger partial charge in [0.1, 0.15) is 5.82 Å². The highest BCUT2D eigenvalue weighted by Gasteiger charge is 2.16. The number of benzene rings is 1. The van der Waals surface area contributed by atoms with Gasteiger partial charge in [-0.05, 0) is 24.1 Å². The Morgan fingerprint density at radius 2 is 2.17 bits per heavy atom. The quantitative estimate of drug-likeness (QED) is 0.874. The van der Waals surface area contributed by atoms with Gasteiger partial charge in [0.25, 0.3) is 5.56 Å². The molecule has 0 atom stereocenters. The Hall–Kier alpha value is -1.88. The van der Waals surface area contributed by atoms with Crippen LogP contribution in [0.15, 0.2) is 29.1 Å². The summed E-state index contributed by atoms with van der Waals surface area (Å²) < 4.78 is 14.4. The van der Waals surface area contributed by atoms with Gasteiger partial charge in [-0.1, -0.05) is 19.9 Å². The van der Waals surface area contributed by atoms with E-state index in [1.807, 2.05) is 13.8 Å². The molecule has 0 aliphatic rings. The molecule has 96 valence electrons. The van der Waals surface area contributed by atoms with Crippen LogP contribution in [0.4, 0.5) is 4.39 Å². The smallest absolute Gasteiger partial charge is 0.277 e. The maximum atomic E-state index is 13.2. The van der Waals surface area contributed by atoms with Gasteiger partial charge in [-0.3, -0.25) is 9.89 Å². The Morgan fingerprint density at radius 3 is 2.67 bits per heavy atom. The molecule has 1 aromatic heterocycles. The molecule has 0 aliphatic heterocycles. The second kappa shape index (κ2) is 4.78. The third-order valence-corrected chi connectivity index (χ3v) is 2.82. The normalized spacial score (nSPS) is 11.2. The van der Waals surface area contributed by atoms with Crippen molar-refractivity contribution >= 4 is 0 Å². The number of hydrogen-bond donors (Lipinski definition) is 2. The summed E-state index contributed by atoms with van der Waals surface area (Å²) >= 11 is 0. The zero-order valence-electron chi connectivity index (χ0n) is 10.3. The highest BCUT2D eigenvalue weighted by Crippen LogP contribution is 2.16. The Morgan fingerprint density at radius 1 is 1.44 bits per heavy atom. The van der Waals surface area contributed by atoms with Gasteiger partial charge >= 0.3 is 0 Å². The monoisotopic (exact) mass is 250 g/mol. The SMILES string of the molecule is CC(C)c1[nH]n(-c2cccc(F)c2)c(=O)c1CO. The first-order valence-electron chi connectivity index (χ1n) is 5.75.